The van der Waals surface area contributed by atoms with Crippen molar-refractivity contribution in [1.29, 1.82) is 0 Å². The van der Waals surface area contributed by atoms with Gasteiger partial charge in [0.25, 0.3) is 0 Å². The molecule has 7 heteroatoms. The lowest BCUT2D eigenvalue weighted by Gasteiger charge is -2.13. The van der Waals surface area contributed by atoms with Crippen LogP contribution in [0.5, 0.6) is 11.5 Å². The van der Waals surface area contributed by atoms with Crippen LogP contribution in [0.1, 0.15) is 11.1 Å². The second-order valence-corrected chi connectivity index (χ2v) is 6.11. The highest BCUT2D eigenvalue weighted by Gasteiger charge is 2.05. The molecule has 27 heavy (non-hydrogen) atoms. The molecule has 5 nitrogen and oxygen atoms in total. The smallest absolute Gasteiger partial charge is 0.190 e. The molecule has 0 aliphatic carbocycles. The van der Waals surface area contributed by atoms with Gasteiger partial charge in [-0.1, -0.05) is 35.9 Å². The van der Waals surface area contributed by atoms with Crippen LogP contribution in [0.3, 0.4) is 0 Å². The number of guanidine groups is 1. The third-order valence-corrected chi connectivity index (χ3v) is 4.39. The summed E-state index contributed by atoms with van der Waals surface area (Å²) in [7, 11) is 5.04. The standard InChI is InChI=1S/C20H26ClN3O2.HI/c1-22-20(24-13-11-16-6-4-5-7-17(16)21)23-12-10-15-8-9-18(25-2)19(14-15)26-3;/h4-9,14H,10-13H2,1-3H3,(H2,22,23,24);1H. The minimum atomic E-state index is 0. The van der Waals surface area contributed by atoms with Crippen LogP contribution in [0.25, 0.3) is 0 Å². The molecule has 0 radical (unpaired) electrons. The largest absolute Gasteiger partial charge is 0.493 e. The van der Waals surface area contributed by atoms with Gasteiger partial charge in [-0.2, -0.15) is 0 Å². The molecule has 0 aromatic heterocycles. The highest BCUT2D eigenvalue weighted by molar-refractivity contribution is 14.0. The van der Waals surface area contributed by atoms with E-state index in [0.29, 0.717) is 0 Å². The fourth-order valence-electron chi connectivity index (χ4n) is 2.60. The second kappa shape index (κ2) is 12.7. The number of aliphatic imine (C=N–C) groups is 1. The number of nitrogens with one attached hydrogen (secondary N) is 2. The molecule has 148 valence electrons. The first-order valence-electron chi connectivity index (χ1n) is 8.56. The average molecular weight is 504 g/mol. The number of ether oxygens (including phenoxy) is 2. The summed E-state index contributed by atoms with van der Waals surface area (Å²) >= 11 is 6.18. The minimum absolute atomic E-state index is 0. The van der Waals surface area contributed by atoms with Gasteiger partial charge < -0.3 is 20.1 Å². The molecule has 2 N–H and O–H groups in total. The van der Waals surface area contributed by atoms with Crippen LogP contribution in [-0.2, 0) is 12.8 Å². The summed E-state index contributed by atoms with van der Waals surface area (Å²) in [5.41, 5.74) is 2.30. The van der Waals surface area contributed by atoms with Crippen molar-refractivity contribution in [3.63, 3.8) is 0 Å². The van der Waals surface area contributed by atoms with Crippen molar-refractivity contribution in [3.05, 3.63) is 58.6 Å². The summed E-state index contributed by atoms with van der Waals surface area (Å²) in [5.74, 6) is 2.26. The molecule has 2 aromatic carbocycles. The highest BCUT2D eigenvalue weighted by Crippen LogP contribution is 2.27. The van der Waals surface area contributed by atoms with Gasteiger partial charge in [-0.15, -0.1) is 24.0 Å². The van der Waals surface area contributed by atoms with Gasteiger partial charge in [-0.25, -0.2) is 0 Å². The summed E-state index contributed by atoms with van der Waals surface area (Å²) < 4.78 is 10.6. The number of nitrogens with zero attached hydrogens (tertiary/aromatic N) is 1. The Balaban J connectivity index is 0.00000364. The van der Waals surface area contributed by atoms with E-state index < -0.39 is 0 Å². The summed E-state index contributed by atoms with van der Waals surface area (Å²) in [4.78, 5) is 4.25. The summed E-state index contributed by atoms with van der Waals surface area (Å²) in [6.07, 6.45) is 1.70. The Morgan fingerprint density at radius 3 is 2.26 bits per heavy atom. The third-order valence-electron chi connectivity index (χ3n) is 4.02. The summed E-state index contributed by atoms with van der Waals surface area (Å²) in [5, 5.41) is 7.42. The molecule has 0 fully saturated rings. The molecule has 0 aliphatic rings. The van der Waals surface area contributed by atoms with E-state index in [-0.39, 0.29) is 24.0 Å². The van der Waals surface area contributed by atoms with Crippen LogP contribution < -0.4 is 20.1 Å². The maximum Gasteiger partial charge on any atom is 0.190 e. The van der Waals surface area contributed by atoms with Gasteiger partial charge >= 0.3 is 0 Å². The van der Waals surface area contributed by atoms with Crippen molar-refractivity contribution in [2.24, 2.45) is 4.99 Å². The first-order valence-corrected chi connectivity index (χ1v) is 8.94. The molecule has 0 bridgehead atoms. The van der Waals surface area contributed by atoms with Gasteiger partial charge in [0, 0.05) is 25.2 Å². The van der Waals surface area contributed by atoms with Gasteiger partial charge in [-0.05, 0) is 42.2 Å². The normalized spacial score (nSPS) is 10.7. The lowest BCUT2D eigenvalue weighted by molar-refractivity contribution is 0.354. The van der Waals surface area contributed by atoms with Gasteiger partial charge in [-0.3, -0.25) is 4.99 Å². The van der Waals surface area contributed by atoms with Crippen molar-refractivity contribution < 1.29 is 9.47 Å². The zero-order valence-electron chi connectivity index (χ0n) is 15.9. The van der Waals surface area contributed by atoms with Gasteiger partial charge in [0.05, 0.1) is 14.2 Å². The monoisotopic (exact) mass is 503 g/mol. The van der Waals surface area contributed by atoms with Crippen molar-refractivity contribution in [2.45, 2.75) is 12.8 Å². The lowest BCUT2D eigenvalue weighted by atomic mass is 10.1. The van der Waals surface area contributed by atoms with E-state index >= 15 is 0 Å². The van der Waals surface area contributed by atoms with E-state index in [1.807, 2.05) is 42.5 Å². The van der Waals surface area contributed by atoms with E-state index in [0.717, 1.165) is 54.0 Å². The Morgan fingerprint density at radius 2 is 1.63 bits per heavy atom. The van der Waals surface area contributed by atoms with Crippen molar-refractivity contribution in [3.8, 4) is 11.5 Å². The SMILES string of the molecule is CN=C(NCCc1ccc(OC)c(OC)c1)NCCc1ccccc1Cl.I. The quantitative estimate of drug-likeness (QED) is 0.326. The maximum absolute atomic E-state index is 6.18. The van der Waals surface area contributed by atoms with Crippen LogP contribution in [0.15, 0.2) is 47.5 Å². The molecule has 0 aliphatic heterocycles. The minimum Gasteiger partial charge on any atom is -0.493 e. The van der Waals surface area contributed by atoms with E-state index in [2.05, 4.69) is 15.6 Å². The Morgan fingerprint density at radius 1 is 0.963 bits per heavy atom. The van der Waals surface area contributed by atoms with E-state index in [1.54, 1.807) is 21.3 Å². The fraction of sp³-hybridized carbons (Fsp3) is 0.350. The van der Waals surface area contributed by atoms with Crippen LogP contribution in [0.4, 0.5) is 0 Å². The predicted octanol–water partition coefficient (Wildman–Crippen LogP) is 3.93. The van der Waals surface area contributed by atoms with Crippen molar-refractivity contribution in [2.75, 3.05) is 34.4 Å². The van der Waals surface area contributed by atoms with E-state index in [1.165, 1.54) is 5.56 Å². The molecule has 2 rings (SSSR count). The number of halogens is 2. The molecule has 2 aromatic rings. The first kappa shape index (κ1) is 23.4. The van der Waals surface area contributed by atoms with Gasteiger partial charge in [0.15, 0.2) is 17.5 Å². The zero-order chi connectivity index (χ0) is 18.8. The van der Waals surface area contributed by atoms with Crippen LogP contribution in [0.2, 0.25) is 5.02 Å². The molecule has 0 unspecified atom stereocenters. The van der Waals surface area contributed by atoms with Crippen molar-refractivity contribution >= 4 is 41.5 Å². The number of benzene rings is 2. The van der Waals surface area contributed by atoms with Crippen LogP contribution in [0, 0.1) is 0 Å². The molecular weight excluding hydrogens is 477 g/mol. The van der Waals surface area contributed by atoms with E-state index in [9.17, 15) is 0 Å². The Bertz CT molecular complexity index is 741. The lowest BCUT2D eigenvalue weighted by Crippen LogP contribution is -2.39. The fourth-order valence-corrected chi connectivity index (χ4v) is 2.83. The average Bonchev–Trinajstić information content (AvgIpc) is 2.68. The van der Waals surface area contributed by atoms with Gasteiger partial charge in [0.2, 0.25) is 0 Å². The predicted molar refractivity (Wildman–Crippen MR) is 123 cm³/mol. The first-order chi connectivity index (χ1) is 12.7. The molecule has 0 saturated carbocycles. The Hall–Kier alpha value is -1.67. The Kier molecular flexibility index (Phi) is 11.0. The topological polar surface area (TPSA) is 54.9 Å². The zero-order valence-corrected chi connectivity index (χ0v) is 19.0. The number of hydrogen-bond acceptors (Lipinski definition) is 3. The third kappa shape index (κ3) is 7.46. The molecule has 0 heterocycles. The highest BCUT2D eigenvalue weighted by atomic mass is 127. The van der Waals surface area contributed by atoms with Gasteiger partial charge in [0.1, 0.15) is 0 Å². The molecule has 0 saturated heterocycles. The molecule has 0 atom stereocenters. The van der Waals surface area contributed by atoms with Crippen LogP contribution >= 0.6 is 35.6 Å². The summed E-state index contributed by atoms with van der Waals surface area (Å²) in [6.45, 7) is 1.53. The number of methoxy groups -OCH3 is 2. The van der Waals surface area contributed by atoms with Crippen molar-refractivity contribution in [1.82, 2.24) is 10.6 Å². The molecule has 0 spiro atoms. The summed E-state index contributed by atoms with van der Waals surface area (Å²) in [6, 6.07) is 13.8. The molecular formula is C20H27ClIN3O2. The number of hydrogen-bond donors (Lipinski definition) is 2. The molecule has 0 amide bonds. The second-order valence-electron chi connectivity index (χ2n) is 5.71. The van der Waals surface area contributed by atoms with E-state index in [4.69, 9.17) is 21.1 Å². The maximum atomic E-state index is 6.18. The number of rotatable bonds is 8. The van der Waals surface area contributed by atoms with Crippen LogP contribution in [-0.4, -0.2) is 40.3 Å². The Labute approximate surface area is 183 Å².